The van der Waals surface area contributed by atoms with Crippen molar-refractivity contribution in [2.45, 2.75) is 26.3 Å². The second-order valence-corrected chi connectivity index (χ2v) is 5.29. The molecule has 4 heteroatoms. The molecule has 0 unspecified atom stereocenters. The second kappa shape index (κ2) is 7.96. The predicted molar refractivity (Wildman–Crippen MR) is 86.2 cm³/mol. The van der Waals surface area contributed by atoms with Crippen molar-refractivity contribution in [1.82, 2.24) is 15.1 Å². The molecule has 0 aliphatic heterocycles. The Labute approximate surface area is 127 Å². The van der Waals surface area contributed by atoms with Gasteiger partial charge in [0.05, 0.1) is 12.3 Å². The minimum absolute atomic E-state index is 0.724. The highest BCUT2D eigenvalue weighted by atomic mass is 16.5. The fraction of sp³-hybridized carbons (Fsp3) is 0.471. The molecule has 1 aromatic carbocycles. The Morgan fingerprint density at radius 1 is 1.24 bits per heavy atom. The number of hydrogen-bond acceptors (Lipinski definition) is 3. The molecule has 0 saturated heterocycles. The zero-order valence-electron chi connectivity index (χ0n) is 13.2. The van der Waals surface area contributed by atoms with Gasteiger partial charge >= 0.3 is 0 Å². The van der Waals surface area contributed by atoms with E-state index in [0.717, 1.165) is 31.8 Å². The lowest BCUT2D eigenvalue weighted by Crippen LogP contribution is -2.18. The first-order valence-corrected chi connectivity index (χ1v) is 7.56. The Balaban J connectivity index is 2.11. The SMILES string of the molecule is CCCc1ccc(-c2nn(C)cc2CNCCOC)cc1. The average Bonchev–Trinajstić information content (AvgIpc) is 2.86. The molecule has 0 aliphatic carbocycles. The van der Waals surface area contributed by atoms with Crippen LogP contribution >= 0.6 is 0 Å². The number of benzene rings is 1. The van der Waals surface area contributed by atoms with Gasteiger partial charge in [-0.05, 0) is 12.0 Å². The Hall–Kier alpha value is -1.65. The lowest BCUT2D eigenvalue weighted by molar-refractivity contribution is 0.199. The van der Waals surface area contributed by atoms with E-state index in [4.69, 9.17) is 4.74 Å². The van der Waals surface area contributed by atoms with E-state index in [2.05, 4.69) is 47.8 Å². The molecule has 0 aliphatic rings. The van der Waals surface area contributed by atoms with Crippen LogP contribution in [0.25, 0.3) is 11.3 Å². The van der Waals surface area contributed by atoms with Crippen LogP contribution in [0.5, 0.6) is 0 Å². The van der Waals surface area contributed by atoms with E-state index in [-0.39, 0.29) is 0 Å². The molecule has 2 rings (SSSR count). The topological polar surface area (TPSA) is 39.1 Å². The van der Waals surface area contributed by atoms with Gasteiger partial charge in [0.1, 0.15) is 0 Å². The summed E-state index contributed by atoms with van der Waals surface area (Å²) in [6.45, 7) is 4.58. The van der Waals surface area contributed by atoms with Gasteiger partial charge in [-0.15, -0.1) is 0 Å². The summed E-state index contributed by atoms with van der Waals surface area (Å²) in [5.41, 5.74) is 4.85. The molecule has 0 bridgehead atoms. The molecule has 21 heavy (non-hydrogen) atoms. The van der Waals surface area contributed by atoms with Crippen LogP contribution in [0.2, 0.25) is 0 Å². The lowest BCUT2D eigenvalue weighted by Gasteiger charge is -2.06. The molecular weight excluding hydrogens is 262 g/mol. The third-order valence-corrected chi connectivity index (χ3v) is 3.47. The Morgan fingerprint density at radius 2 is 2.00 bits per heavy atom. The van der Waals surface area contributed by atoms with Crippen LogP contribution in [0, 0.1) is 0 Å². The van der Waals surface area contributed by atoms with Gasteiger partial charge in [0.25, 0.3) is 0 Å². The molecule has 1 heterocycles. The highest BCUT2D eigenvalue weighted by Gasteiger charge is 2.09. The molecule has 0 amide bonds. The predicted octanol–water partition coefficient (Wildman–Crippen LogP) is 2.78. The van der Waals surface area contributed by atoms with Crippen LogP contribution in [0.1, 0.15) is 24.5 Å². The molecule has 0 atom stereocenters. The molecule has 0 fully saturated rings. The van der Waals surface area contributed by atoms with Crippen LogP contribution in [0.4, 0.5) is 0 Å². The smallest absolute Gasteiger partial charge is 0.0967 e. The zero-order chi connectivity index (χ0) is 15.1. The highest BCUT2D eigenvalue weighted by Crippen LogP contribution is 2.22. The molecule has 4 nitrogen and oxygen atoms in total. The Morgan fingerprint density at radius 3 is 2.67 bits per heavy atom. The van der Waals surface area contributed by atoms with Gasteiger partial charge < -0.3 is 10.1 Å². The van der Waals surface area contributed by atoms with Crippen molar-refractivity contribution in [3.8, 4) is 11.3 Å². The molecule has 2 aromatic rings. The minimum atomic E-state index is 0.724. The summed E-state index contributed by atoms with van der Waals surface area (Å²) in [7, 11) is 3.68. The summed E-state index contributed by atoms with van der Waals surface area (Å²) in [4.78, 5) is 0. The van der Waals surface area contributed by atoms with Crippen molar-refractivity contribution in [2.24, 2.45) is 7.05 Å². The van der Waals surface area contributed by atoms with Crippen LogP contribution in [0.15, 0.2) is 30.5 Å². The lowest BCUT2D eigenvalue weighted by atomic mass is 10.0. The number of aromatic nitrogens is 2. The van der Waals surface area contributed by atoms with Crippen molar-refractivity contribution in [2.75, 3.05) is 20.3 Å². The number of nitrogens with one attached hydrogen (secondary N) is 1. The van der Waals surface area contributed by atoms with E-state index in [0.29, 0.717) is 0 Å². The van der Waals surface area contributed by atoms with Crippen molar-refractivity contribution in [1.29, 1.82) is 0 Å². The second-order valence-electron chi connectivity index (χ2n) is 5.29. The van der Waals surface area contributed by atoms with Gasteiger partial charge in [-0.3, -0.25) is 4.68 Å². The number of nitrogens with zero attached hydrogens (tertiary/aromatic N) is 2. The van der Waals surface area contributed by atoms with Gasteiger partial charge in [-0.1, -0.05) is 37.6 Å². The summed E-state index contributed by atoms with van der Waals surface area (Å²) in [6, 6.07) is 8.75. The number of ether oxygens (including phenoxy) is 1. The van der Waals surface area contributed by atoms with Crippen molar-refractivity contribution in [3.63, 3.8) is 0 Å². The van der Waals surface area contributed by atoms with E-state index < -0.39 is 0 Å². The van der Waals surface area contributed by atoms with Gasteiger partial charge in [-0.2, -0.15) is 5.10 Å². The first-order valence-electron chi connectivity index (χ1n) is 7.56. The molecule has 114 valence electrons. The first-order chi connectivity index (χ1) is 10.2. The summed E-state index contributed by atoms with van der Waals surface area (Å²) in [5, 5.41) is 7.98. The third-order valence-electron chi connectivity index (χ3n) is 3.47. The summed E-state index contributed by atoms with van der Waals surface area (Å²) < 4.78 is 6.93. The van der Waals surface area contributed by atoms with Crippen molar-refractivity contribution >= 4 is 0 Å². The molecular formula is C17H25N3O. The van der Waals surface area contributed by atoms with Gasteiger partial charge in [0, 0.05) is 44.6 Å². The van der Waals surface area contributed by atoms with E-state index in [9.17, 15) is 0 Å². The number of rotatable bonds is 8. The van der Waals surface area contributed by atoms with Crippen molar-refractivity contribution < 1.29 is 4.74 Å². The van der Waals surface area contributed by atoms with Crippen LogP contribution in [-0.4, -0.2) is 30.0 Å². The quantitative estimate of drug-likeness (QED) is 0.759. The number of aryl methyl sites for hydroxylation is 2. The monoisotopic (exact) mass is 287 g/mol. The van der Waals surface area contributed by atoms with Gasteiger partial charge in [-0.25, -0.2) is 0 Å². The Bertz CT molecular complexity index is 546. The molecule has 0 spiro atoms. The molecule has 1 N–H and O–H groups in total. The maximum absolute atomic E-state index is 5.05. The molecule has 1 aromatic heterocycles. The Kier molecular flexibility index (Phi) is 5.96. The van der Waals surface area contributed by atoms with E-state index in [1.165, 1.54) is 23.1 Å². The largest absolute Gasteiger partial charge is 0.383 e. The maximum Gasteiger partial charge on any atom is 0.0967 e. The molecule has 0 saturated carbocycles. The van der Waals surface area contributed by atoms with Crippen LogP contribution < -0.4 is 5.32 Å². The van der Waals surface area contributed by atoms with E-state index >= 15 is 0 Å². The third kappa shape index (κ3) is 4.41. The average molecular weight is 287 g/mol. The fourth-order valence-corrected chi connectivity index (χ4v) is 2.43. The molecule has 0 radical (unpaired) electrons. The minimum Gasteiger partial charge on any atom is -0.383 e. The normalized spacial score (nSPS) is 11.0. The fourth-order valence-electron chi connectivity index (χ4n) is 2.43. The van der Waals surface area contributed by atoms with E-state index in [1.807, 2.05) is 11.7 Å². The maximum atomic E-state index is 5.05. The first kappa shape index (κ1) is 15.7. The summed E-state index contributed by atoms with van der Waals surface area (Å²) in [5.74, 6) is 0. The van der Waals surface area contributed by atoms with E-state index in [1.54, 1.807) is 7.11 Å². The highest BCUT2D eigenvalue weighted by molar-refractivity contribution is 5.63. The van der Waals surface area contributed by atoms with Gasteiger partial charge in [0.15, 0.2) is 0 Å². The van der Waals surface area contributed by atoms with Crippen molar-refractivity contribution in [3.05, 3.63) is 41.6 Å². The van der Waals surface area contributed by atoms with Crippen LogP contribution in [0.3, 0.4) is 0 Å². The number of hydrogen-bond donors (Lipinski definition) is 1. The summed E-state index contributed by atoms with van der Waals surface area (Å²) >= 11 is 0. The van der Waals surface area contributed by atoms with Crippen LogP contribution in [-0.2, 0) is 24.8 Å². The van der Waals surface area contributed by atoms with Gasteiger partial charge in [0.2, 0.25) is 0 Å². The summed E-state index contributed by atoms with van der Waals surface area (Å²) in [6.07, 6.45) is 4.39. The zero-order valence-corrected chi connectivity index (χ0v) is 13.2. The standard InChI is InChI=1S/C17H25N3O/c1-4-5-14-6-8-15(9-7-14)17-16(13-20(2)19-17)12-18-10-11-21-3/h6-9,13,18H,4-5,10-12H2,1-3H3. The number of methoxy groups -OCH3 is 1.